The first-order valence-electron chi connectivity index (χ1n) is 9.23. The number of carbonyl (C=O) groups is 2. The van der Waals surface area contributed by atoms with Crippen LogP contribution in [-0.4, -0.2) is 53.1 Å². The van der Waals surface area contributed by atoms with Gasteiger partial charge in [0.15, 0.2) is 0 Å². The summed E-state index contributed by atoms with van der Waals surface area (Å²) in [6, 6.07) is 9.21. The molecule has 2 amide bonds. The van der Waals surface area contributed by atoms with Gasteiger partial charge in [-0.1, -0.05) is 44.2 Å². The Kier molecular flexibility index (Phi) is 7.67. The molecule has 0 aliphatic carbocycles. The minimum Gasteiger partial charge on any atom is -0.465 e. The molecule has 1 aliphatic rings. The van der Waals surface area contributed by atoms with Crippen molar-refractivity contribution in [3.63, 3.8) is 0 Å². The highest BCUT2D eigenvalue weighted by Gasteiger charge is 2.31. The van der Waals surface area contributed by atoms with Crippen LogP contribution in [0.1, 0.15) is 32.3 Å². The molecule has 0 radical (unpaired) electrons. The van der Waals surface area contributed by atoms with Crippen LogP contribution in [0, 0.1) is 5.92 Å². The Morgan fingerprint density at radius 1 is 1.30 bits per heavy atom. The van der Waals surface area contributed by atoms with E-state index in [1.807, 2.05) is 50.3 Å². The topological polar surface area (TPSA) is 82.1 Å². The Morgan fingerprint density at radius 2 is 2.00 bits per heavy atom. The van der Waals surface area contributed by atoms with Crippen molar-refractivity contribution in [3.8, 4) is 0 Å². The second-order valence-corrected chi connectivity index (χ2v) is 7.18. The Labute approximate surface area is 160 Å². The molecule has 2 N–H and O–H groups in total. The predicted molar refractivity (Wildman–Crippen MR) is 103 cm³/mol. The summed E-state index contributed by atoms with van der Waals surface area (Å²) in [4.78, 5) is 32.5. The van der Waals surface area contributed by atoms with Gasteiger partial charge >= 0.3 is 6.09 Å². The van der Waals surface area contributed by atoms with Crippen LogP contribution in [0.15, 0.2) is 42.1 Å². The van der Waals surface area contributed by atoms with Crippen molar-refractivity contribution in [2.24, 2.45) is 5.92 Å². The average Bonchev–Trinajstić information content (AvgIpc) is 2.66. The zero-order valence-corrected chi connectivity index (χ0v) is 16.2. The molecule has 0 aromatic heterocycles. The van der Waals surface area contributed by atoms with E-state index in [0.717, 1.165) is 16.2 Å². The minimum absolute atomic E-state index is 0.144. The number of nitrogens with one attached hydrogen (secondary N) is 1. The van der Waals surface area contributed by atoms with Gasteiger partial charge in [0, 0.05) is 32.3 Å². The summed E-state index contributed by atoms with van der Waals surface area (Å²) in [5, 5.41) is 9.26. The number of amides is 2. The Morgan fingerprint density at radius 3 is 2.56 bits per heavy atom. The number of hydrogen-bond acceptors (Lipinski definition) is 4. The highest BCUT2D eigenvalue weighted by Crippen LogP contribution is 2.17. The van der Waals surface area contributed by atoms with Crippen LogP contribution in [0.25, 0.3) is 0 Å². The molecule has 1 aliphatic heterocycles. The van der Waals surface area contributed by atoms with Gasteiger partial charge in [0.05, 0.1) is 6.61 Å². The normalized spacial score (nSPS) is 15.3. The van der Waals surface area contributed by atoms with Crippen LogP contribution in [0.4, 0.5) is 4.79 Å². The molecule has 0 saturated heterocycles. The summed E-state index contributed by atoms with van der Waals surface area (Å²) < 4.78 is 0. The zero-order chi connectivity index (χ0) is 19.8. The van der Waals surface area contributed by atoms with Crippen LogP contribution in [0.5, 0.6) is 0 Å². The van der Waals surface area contributed by atoms with Gasteiger partial charge in [0.25, 0.3) is 0 Å². The summed E-state index contributed by atoms with van der Waals surface area (Å²) in [6.45, 7) is 5.41. The van der Waals surface area contributed by atoms with Gasteiger partial charge in [-0.2, -0.15) is 0 Å². The van der Waals surface area contributed by atoms with E-state index in [2.05, 4.69) is 5.48 Å². The Balaban J connectivity index is 1.87. The first-order valence-corrected chi connectivity index (χ1v) is 9.23. The average molecular weight is 375 g/mol. The fourth-order valence-electron chi connectivity index (χ4n) is 2.96. The molecular weight excluding hydrogens is 346 g/mol. The molecule has 1 heterocycles. The summed E-state index contributed by atoms with van der Waals surface area (Å²) >= 11 is 0. The summed E-state index contributed by atoms with van der Waals surface area (Å²) in [6.07, 6.45) is 1.98. The number of hydroxylamine groups is 1. The third-order valence-corrected chi connectivity index (χ3v) is 4.55. The number of hydrogen-bond donors (Lipinski definition) is 2. The van der Waals surface area contributed by atoms with Crippen molar-refractivity contribution >= 4 is 12.0 Å². The molecule has 1 aromatic rings. The molecule has 7 nitrogen and oxygen atoms in total. The lowest BCUT2D eigenvalue weighted by Gasteiger charge is -2.33. The van der Waals surface area contributed by atoms with Crippen LogP contribution in [0.2, 0.25) is 0 Å². The standard InChI is InChI=1S/C20H29N3O4/c1-15(2)13-18(22(3)20(25)26)19(24)23-11-9-17(10-12-23)21-27-14-16-7-5-4-6-8-16/h4-9,15,18,21H,10-14H2,1-3H3,(H,25,26). The number of benzene rings is 1. The molecule has 1 unspecified atom stereocenters. The van der Waals surface area contributed by atoms with Crippen LogP contribution < -0.4 is 5.48 Å². The fraction of sp³-hybridized carbons (Fsp3) is 0.500. The van der Waals surface area contributed by atoms with E-state index in [0.29, 0.717) is 32.5 Å². The third kappa shape index (κ3) is 6.29. The quantitative estimate of drug-likeness (QED) is 0.683. The molecule has 0 spiro atoms. The lowest BCUT2D eigenvalue weighted by atomic mass is 10.0. The van der Waals surface area contributed by atoms with Gasteiger partial charge in [0.1, 0.15) is 6.04 Å². The van der Waals surface area contributed by atoms with Gasteiger partial charge in [0.2, 0.25) is 5.91 Å². The SMILES string of the molecule is CC(C)CC(C(=O)N1CC=C(NOCc2ccccc2)CC1)N(C)C(=O)O. The Bertz CT molecular complexity index is 660. The van der Waals surface area contributed by atoms with Gasteiger partial charge < -0.3 is 10.0 Å². The number of carbonyl (C=O) groups excluding carboxylic acids is 1. The van der Waals surface area contributed by atoms with Crippen molar-refractivity contribution in [2.45, 2.75) is 39.3 Å². The molecule has 2 rings (SSSR count). The van der Waals surface area contributed by atoms with Gasteiger partial charge in [-0.25, -0.2) is 4.79 Å². The number of rotatable bonds is 8. The second kappa shape index (κ2) is 9.97. The van der Waals surface area contributed by atoms with Crippen LogP contribution in [0.3, 0.4) is 0 Å². The molecule has 1 aromatic carbocycles. The summed E-state index contributed by atoms with van der Waals surface area (Å²) in [5.41, 5.74) is 4.96. The number of likely N-dealkylation sites (N-methyl/N-ethyl adjacent to an activating group) is 1. The van der Waals surface area contributed by atoms with Gasteiger partial charge in [-0.3, -0.25) is 20.0 Å². The van der Waals surface area contributed by atoms with E-state index in [-0.39, 0.29) is 11.8 Å². The van der Waals surface area contributed by atoms with E-state index in [1.54, 1.807) is 4.90 Å². The summed E-state index contributed by atoms with van der Waals surface area (Å²) in [5.74, 6) is 0.0822. The third-order valence-electron chi connectivity index (χ3n) is 4.55. The maximum atomic E-state index is 12.8. The van der Waals surface area contributed by atoms with Gasteiger partial charge in [-0.05, 0) is 24.0 Å². The highest BCUT2D eigenvalue weighted by molar-refractivity contribution is 5.85. The van der Waals surface area contributed by atoms with Crippen molar-refractivity contribution in [1.29, 1.82) is 0 Å². The van der Waals surface area contributed by atoms with Gasteiger partial charge in [-0.15, -0.1) is 0 Å². The second-order valence-electron chi connectivity index (χ2n) is 7.18. The van der Waals surface area contributed by atoms with E-state index in [4.69, 9.17) is 4.84 Å². The van der Waals surface area contributed by atoms with Crippen molar-refractivity contribution in [1.82, 2.24) is 15.3 Å². The first kappa shape index (κ1) is 20.8. The van der Waals surface area contributed by atoms with Crippen LogP contribution >= 0.6 is 0 Å². The molecular formula is C20H29N3O4. The maximum absolute atomic E-state index is 12.8. The lowest BCUT2D eigenvalue weighted by molar-refractivity contribution is -0.136. The monoisotopic (exact) mass is 375 g/mol. The van der Waals surface area contributed by atoms with Crippen molar-refractivity contribution in [3.05, 3.63) is 47.7 Å². The number of nitrogens with zero attached hydrogens (tertiary/aromatic N) is 2. The minimum atomic E-state index is -1.08. The lowest BCUT2D eigenvalue weighted by Crippen LogP contribution is -2.50. The first-order chi connectivity index (χ1) is 12.9. The maximum Gasteiger partial charge on any atom is 0.407 e. The fourth-order valence-corrected chi connectivity index (χ4v) is 2.96. The molecule has 0 saturated carbocycles. The molecule has 0 bridgehead atoms. The zero-order valence-electron chi connectivity index (χ0n) is 16.2. The molecule has 27 heavy (non-hydrogen) atoms. The van der Waals surface area contributed by atoms with E-state index >= 15 is 0 Å². The predicted octanol–water partition coefficient (Wildman–Crippen LogP) is 2.85. The number of carboxylic acid groups (broad SMARTS) is 1. The van der Waals surface area contributed by atoms with Crippen molar-refractivity contribution in [2.75, 3.05) is 20.1 Å². The smallest absolute Gasteiger partial charge is 0.407 e. The van der Waals surface area contributed by atoms with E-state index in [1.165, 1.54) is 7.05 Å². The van der Waals surface area contributed by atoms with Crippen molar-refractivity contribution < 1.29 is 19.5 Å². The largest absolute Gasteiger partial charge is 0.465 e. The Hall–Kier alpha value is -2.54. The van der Waals surface area contributed by atoms with Crippen LogP contribution in [-0.2, 0) is 16.2 Å². The molecule has 7 heteroatoms. The highest BCUT2D eigenvalue weighted by atomic mass is 16.6. The van der Waals surface area contributed by atoms with E-state index < -0.39 is 12.1 Å². The van der Waals surface area contributed by atoms with E-state index in [9.17, 15) is 14.7 Å². The molecule has 148 valence electrons. The molecule has 1 atom stereocenters. The molecule has 0 fully saturated rings. The summed E-state index contributed by atoms with van der Waals surface area (Å²) in [7, 11) is 1.46.